The number of nitrogens with zero attached hydrogens (tertiary/aromatic N) is 6. The molecule has 3 rings (SSSR count). The Morgan fingerprint density at radius 2 is 1.77 bits per heavy atom. The molecular formula is C16H30N6. The van der Waals surface area contributed by atoms with Crippen LogP contribution < -0.4 is 0 Å². The van der Waals surface area contributed by atoms with Crippen LogP contribution in [-0.2, 0) is 12.1 Å². The number of hydrogen-bond donors (Lipinski definition) is 0. The van der Waals surface area contributed by atoms with Gasteiger partial charge in [0.15, 0.2) is 5.82 Å². The number of tetrazole rings is 1. The highest BCUT2D eigenvalue weighted by atomic mass is 15.6. The van der Waals surface area contributed by atoms with Gasteiger partial charge in [-0.2, -0.15) is 0 Å². The number of aromatic nitrogens is 4. The molecular weight excluding hydrogens is 276 g/mol. The molecule has 0 spiro atoms. The summed E-state index contributed by atoms with van der Waals surface area (Å²) in [5, 5.41) is 12.4. The van der Waals surface area contributed by atoms with Gasteiger partial charge in [0.25, 0.3) is 0 Å². The maximum absolute atomic E-state index is 4.27. The van der Waals surface area contributed by atoms with Crippen LogP contribution in [0.2, 0.25) is 0 Å². The van der Waals surface area contributed by atoms with E-state index < -0.39 is 0 Å². The highest BCUT2D eigenvalue weighted by Crippen LogP contribution is 2.25. The maximum Gasteiger partial charge on any atom is 0.165 e. The lowest BCUT2D eigenvalue weighted by molar-refractivity contribution is 0.0896. The largest absolute Gasteiger partial charge is 0.298 e. The van der Waals surface area contributed by atoms with Gasteiger partial charge in [0, 0.05) is 32.2 Å². The van der Waals surface area contributed by atoms with Crippen molar-refractivity contribution in [1.29, 1.82) is 0 Å². The summed E-state index contributed by atoms with van der Waals surface area (Å²) in [7, 11) is 0. The van der Waals surface area contributed by atoms with Gasteiger partial charge in [-0.1, -0.05) is 19.8 Å². The normalized spacial score (nSPS) is 22.5. The van der Waals surface area contributed by atoms with Crippen molar-refractivity contribution in [3.05, 3.63) is 5.82 Å². The quantitative estimate of drug-likeness (QED) is 0.831. The summed E-state index contributed by atoms with van der Waals surface area (Å²) in [5.74, 6) is 1.00. The number of piperazine rings is 1. The molecule has 1 aliphatic heterocycles. The first kappa shape index (κ1) is 15.9. The molecule has 1 saturated heterocycles. The molecule has 0 bridgehead atoms. The van der Waals surface area contributed by atoms with E-state index in [4.69, 9.17) is 0 Å². The fourth-order valence-electron chi connectivity index (χ4n) is 3.68. The molecule has 0 N–H and O–H groups in total. The van der Waals surface area contributed by atoms with E-state index >= 15 is 0 Å². The van der Waals surface area contributed by atoms with E-state index in [-0.39, 0.29) is 5.54 Å². The Hall–Kier alpha value is -1.01. The smallest absolute Gasteiger partial charge is 0.165 e. The van der Waals surface area contributed by atoms with Crippen molar-refractivity contribution in [2.24, 2.45) is 0 Å². The van der Waals surface area contributed by atoms with E-state index in [1.165, 1.54) is 38.8 Å². The van der Waals surface area contributed by atoms with Gasteiger partial charge in [-0.25, -0.2) is 4.68 Å². The molecule has 0 aromatic carbocycles. The zero-order valence-electron chi connectivity index (χ0n) is 14.3. The van der Waals surface area contributed by atoms with Crippen molar-refractivity contribution in [1.82, 2.24) is 30.0 Å². The van der Waals surface area contributed by atoms with E-state index in [9.17, 15) is 0 Å². The molecule has 0 atom stereocenters. The second-order valence-corrected chi connectivity index (χ2v) is 7.42. The summed E-state index contributed by atoms with van der Waals surface area (Å²) in [4.78, 5) is 5.20. The minimum absolute atomic E-state index is 0.00942. The van der Waals surface area contributed by atoms with Crippen LogP contribution in [0.5, 0.6) is 0 Å². The third-order valence-electron chi connectivity index (χ3n) is 5.59. The lowest BCUT2D eigenvalue weighted by Crippen LogP contribution is -2.49. The van der Waals surface area contributed by atoms with Gasteiger partial charge < -0.3 is 0 Å². The Bertz CT molecular complexity index is 469. The van der Waals surface area contributed by atoms with Crippen LogP contribution >= 0.6 is 0 Å². The van der Waals surface area contributed by atoms with E-state index in [2.05, 4.69) is 46.1 Å². The van der Waals surface area contributed by atoms with Crippen molar-refractivity contribution in [3.63, 3.8) is 0 Å². The van der Waals surface area contributed by atoms with Crippen LogP contribution in [0.3, 0.4) is 0 Å². The van der Waals surface area contributed by atoms with Crippen molar-refractivity contribution in [2.75, 3.05) is 26.2 Å². The molecule has 6 nitrogen and oxygen atoms in total. The zero-order chi connectivity index (χ0) is 15.6. The van der Waals surface area contributed by atoms with Crippen LogP contribution in [0.4, 0.5) is 0 Å². The molecule has 1 saturated carbocycles. The fraction of sp³-hybridized carbons (Fsp3) is 0.938. The molecule has 124 valence electrons. The molecule has 1 aromatic heterocycles. The second kappa shape index (κ2) is 6.62. The lowest BCUT2D eigenvalue weighted by atomic mass is 10.0. The second-order valence-electron chi connectivity index (χ2n) is 7.42. The van der Waals surface area contributed by atoms with Crippen LogP contribution in [0.1, 0.15) is 58.7 Å². The Morgan fingerprint density at radius 3 is 2.41 bits per heavy atom. The number of rotatable bonds is 5. The van der Waals surface area contributed by atoms with Crippen LogP contribution in [0, 0.1) is 0 Å². The molecule has 1 aliphatic carbocycles. The molecule has 6 heteroatoms. The molecule has 22 heavy (non-hydrogen) atoms. The van der Waals surface area contributed by atoms with Crippen LogP contribution in [0.15, 0.2) is 0 Å². The summed E-state index contributed by atoms with van der Waals surface area (Å²) < 4.78 is 2.01. The third kappa shape index (κ3) is 3.33. The molecule has 2 aliphatic rings. The first-order valence-electron chi connectivity index (χ1n) is 8.84. The molecule has 1 aromatic rings. The predicted octanol–water partition coefficient (Wildman–Crippen LogP) is 1.88. The summed E-state index contributed by atoms with van der Waals surface area (Å²) >= 11 is 0. The molecule has 0 unspecified atom stereocenters. The third-order valence-corrected chi connectivity index (χ3v) is 5.59. The van der Waals surface area contributed by atoms with Gasteiger partial charge in [-0.15, -0.1) is 5.10 Å². The zero-order valence-corrected chi connectivity index (χ0v) is 14.3. The Kier molecular flexibility index (Phi) is 4.78. The van der Waals surface area contributed by atoms with Gasteiger partial charge in [0.1, 0.15) is 0 Å². The predicted molar refractivity (Wildman–Crippen MR) is 86.5 cm³/mol. The van der Waals surface area contributed by atoms with Gasteiger partial charge in [-0.3, -0.25) is 9.80 Å². The first-order valence-corrected chi connectivity index (χ1v) is 8.84. The van der Waals surface area contributed by atoms with E-state index in [1.54, 1.807) is 0 Å². The Balaban J connectivity index is 1.56. The van der Waals surface area contributed by atoms with Gasteiger partial charge in [-0.05, 0) is 43.5 Å². The summed E-state index contributed by atoms with van der Waals surface area (Å²) in [6.07, 6.45) is 6.68. The van der Waals surface area contributed by atoms with E-state index in [0.29, 0.717) is 0 Å². The molecule has 0 radical (unpaired) electrons. The SMILES string of the molecule is CCC(C)(C)n1nnnc1CN1CCN(C2CCCC2)CC1. The van der Waals surface area contributed by atoms with Crippen molar-refractivity contribution >= 4 is 0 Å². The average molecular weight is 306 g/mol. The van der Waals surface area contributed by atoms with Crippen molar-refractivity contribution < 1.29 is 0 Å². The highest BCUT2D eigenvalue weighted by molar-refractivity contribution is 4.90. The Morgan fingerprint density at radius 1 is 1.09 bits per heavy atom. The molecule has 2 heterocycles. The topological polar surface area (TPSA) is 50.1 Å². The molecule has 2 fully saturated rings. The number of hydrogen-bond acceptors (Lipinski definition) is 5. The Labute approximate surface area is 133 Å². The summed E-state index contributed by atoms with van der Waals surface area (Å²) in [6.45, 7) is 12.1. The monoisotopic (exact) mass is 306 g/mol. The lowest BCUT2D eigenvalue weighted by Gasteiger charge is -2.38. The summed E-state index contributed by atoms with van der Waals surface area (Å²) in [6, 6.07) is 0.853. The van der Waals surface area contributed by atoms with Crippen LogP contribution in [0.25, 0.3) is 0 Å². The minimum atomic E-state index is -0.00942. The van der Waals surface area contributed by atoms with Gasteiger partial charge in [0.2, 0.25) is 0 Å². The van der Waals surface area contributed by atoms with Crippen molar-refractivity contribution in [2.45, 2.75) is 71.0 Å². The summed E-state index contributed by atoms with van der Waals surface area (Å²) in [5.41, 5.74) is -0.00942. The fourth-order valence-corrected chi connectivity index (χ4v) is 3.68. The minimum Gasteiger partial charge on any atom is -0.298 e. The van der Waals surface area contributed by atoms with E-state index in [0.717, 1.165) is 37.9 Å². The van der Waals surface area contributed by atoms with Gasteiger partial charge in [0.05, 0.1) is 12.1 Å². The van der Waals surface area contributed by atoms with E-state index in [1.807, 2.05) is 4.68 Å². The first-order chi connectivity index (χ1) is 10.6. The average Bonchev–Trinajstić information content (AvgIpc) is 3.19. The standard InChI is InChI=1S/C16H30N6/c1-4-16(2,3)22-15(17-18-19-22)13-20-9-11-21(12-10-20)14-7-5-6-8-14/h14H,4-13H2,1-3H3. The van der Waals surface area contributed by atoms with Crippen LogP contribution in [-0.4, -0.2) is 62.2 Å². The molecule has 0 amide bonds. The van der Waals surface area contributed by atoms with Crippen molar-refractivity contribution in [3.8, 4) is 0 Å². The maximum atomic E-state index is 4.27. The van der Waals surface area contributed by atoms with Gasteiger partial charge >= 0.3 is 0 Å². The highest BCUT2D eigenvalue weighted by Gasteiger charge is 2.28.